The largest absolute Gasteiger partial charge is 0.505 e. The maximum Gasteiger partial charge on any atom is 0.258 e. The molecule has 0 saturated heterocycles. The molecule has 3 aromatic rings. The summed E-state index contributed by atoms with van der Waals surface area (Å²) >= 11 is 0. The molecule has 2 aromatic carbocycles. The van der Waals surface area contributed by atoms with E-state index in [-0.39, 0.29) is 23.6 Å². The van der Waals surface area contributed by atoms with E-state index < -0.39 is 0 Å². The molecule has 134 valence electrons. The zero-order chi connectivity index (χ0) is 19.1. The van der Waals surface area contributed by atoms with E-state index in [4.69, 9.17) is 0 Å². The number of benzene rings is 2. The number of hydrogen-bond acceptors (Lipinski definition) is 4. The van der Waals surface area contributed by atoms with Crippen molar-refractivity contribution in [1.29, 1.82) is 5.26 Å². The minimum absolute atomic E-state index is 0.0853. The van der Waals surface area contributed by atoms with Gasteiger partial charge < -0.3 is 10.0 Å². The summed E-state index contributed by atoms with van der Waals surface area (Å²) in [5.41, 5.74) is 5.58. The number of aryl methyl sites for hydroxylation is 1. The Morgan fingerprint density at radius 1 is 1.26 bits per heavy atom. The molecule has 1 N–H and O–H groups in total. The number of amides is 1. The van der Waals surface area contributed by atoms with Crippen LogP contribution in [0.25, 0.3) is 10.9 Å². The van der Waals surface area contributed by atoms with Crippen LogP contribution in [0.1, 0.15) is 38.2 Å². The van der Waals surface area contributed by atoms with Crippen molar-refractivity contribution in [1.82, 2.24) is 9.88 Å². The van der Waals surface area contributed by atoms with Crippen LogP contribution in [0.5, 0.6) is 5.75 Å². The topological polar surface area (TPSA) is 77.2 Å². The highest BCUT2D eigenvalue weighted by Gasteiger charge is 2.32. The molecule has 5 nitrogen and oxygen atoms in total. The molecule has 27 heavy (non-hydrogen) atoms. The molecule has 4 rings (SSSR count). The van der Waals surface area contributed by atoms with Crippen molar-refractivity contribution in [3.05, 3.63) is 69.9 Å². The van der Waals surface area contributed by atoms with Crippen LogP contribution in [-0.4, -0.2) is 27.9 Å². The second kappa shape index (κ2) is 6.40. The lowest BCUT2D eigenvalue weighted by atomic mass is 9.93. The fourth-order valence-electron chi connectivity index (χ4n) is 3.73. The highest BCUT2D eigenvalue weighted by molar-refractivity contribution is 6.07. The van der Waals surface area contributed by atoms with Crippen LogP contribution in [0.2, 0.25) is 0 Å². The van der Waals surface area contributed by atoms with Crippen molar-refractivity contribution in [3.8, 4) is 11.8 Å². The average molecular weight is 357 g/mol. The first-order valence-corrected chi connectivity index (χ1v) is 8.83. The molecule has 0 bridgehead atoms. The van der Waals surface area contributed by atoms with Crippen molar-refractivity contribution < 1.29 is 9.90 Å². The molecule has 0 unspecified atom stereocenters. The molecule has 1 aliphatic rings. The van der Waals surface area contributed by atoms with Crippen molar-refractivity contribution in [2.75, 3.05) is 7.05 Å². The number of pyridine rings is 1. The standard InChI is InChI=1S/C22H19N3O2/c1-13-3-5-14(6-4-13)9-15-10-17-16(7-8-23)18-12-25(2)22(27)19(18)21(26)20(17)24-11-15/h3-6,10-11,26H,7,9,12H2,1-2H3. The molecule has 5 heteroatoms. The monoisotopic (exact) mass is 357 g/mol. The Morgan fingerprint density at radius 3 is 2.70 bits per heavy atom. The molecule has 0 atom stereocenters. The summed E-state index contributed by atoms with van der Waals surface area (Å²) in [5.74, 6) is -0.313. The second-order valence-electron chi connectivity index (χ2n) is 7.08. The van der Waals surface area contributed by atoms with Gasteiger partial charge in [0.1, 0.15) is 5.52 Å². The van der Waals surface area contributed by atoms with Gasteiger partial charge in [-0.15, -0.1) is 0 Å². The summed E-state index contributed by atoms with van der Waals surface area (Å²) in [7, 11) is 1.69. The van der Waals surface area contributed by atoms with Crippen LogP contribution in [-0.2, 0) is 19.4 Å². The van der Waals surface area contributed by atoms with Crippen LogP contribution in [0.15, 0.2) is 36.5 Å². The number of nitriles is 1. The molecule has 1 amide bonds. The SMILES string of the molecule is Cc1ccc(Cc2cnc3c(O)c4c(c(CC#N)c3c2)CN(C)C4=O)cc1. The first-order valence-electron chi connectivity index (χ1n) is 8.83. The summed E-state index contributed by atoms with van der Waals surface area (Å²) in [6.07, 6.45) is 2.62. The Balaban J connectivity index is 1.88. The molecule has 0 saturated carbocycles. The normalized spacial score (nSPS) is 13.1. The van der Waals surface area contributed by atoms with Crippen LogP contribution >= 0.6 is 0 Å². The van der Waals surface area contributed by atoms with Crippen molar-refractivity contribution in [2.24, 2.45) is 0 Å². The van der Waals surface area contributed by atoms with Crippen molar-refractivity contribution in [2.45, 2.75) is 26.3 Å². The maximum atomic E-state index is 12.4. The Morgan fingerprint density at radius 2 is 2.00 bits per heavy atom. The number of phenols is 1. The van der Waals surface area contributed by atoms with Gasteiger partial charge in [0.05, 0.1) is 18.1 Å². The Labute approximate surface area is 157 Å². The third kappa shape index (κ3) is 2.80. The zero-order valence-corrected chi connectivity index (χ0v) is 15.3. The minimum atomic E-state index is -0.228. The van der Waals surface area contributed by atoms with Gasteiger partial charge in [0.25, 0.3) is 5.91 Å². The van der Waals surface area contributed by atoms with E-state index in [1.807, 2.05) is 6.07 Å². The number of fused-ring (bicyclic) bond motifs is 2. The molecule has 0 spiro atoms. The van der Waals surface area contributed by atoms with Crippen LogP contribution < -0.4 is 0 Å². The number of aromatic nitrogens is 1. The quantitative estimate of drug-likeness (QED) is 0.778. The van der Waals surface area contributed by atoms with E-state index in [9.17, 15) is 15.2 Å². The Bertz CT molecular complexity index is 1110. The van der Waals surface area contributed by atoms with E-state index in [0.717, 1.165) is 22.1 Å². The fraction of sp³-hybridized carbons (Fsp3) is 0.227. The molecular weight excluding hydrogens is 338 g/mol. The van der Waals surface area contributed by atoms with E-state index in [1.165, 1.54) is 11.1 Å². The van der Waals surface area contributed by atoms with Gasteiger partial charge in [-0.2, -0.15) is 5.26 Å². The second-order valence-corrected chi connectivity index (χ2v) is 7.08. The lowest BCUT2D eigenvalue weighted by Gasteiger charge is -2.12. The van der Waals surface area contributed by atoms with Crippen molar-refractivity contribution in [3.63, 3.8) is 0 Å². The van der Waals surface area contributed by atoms with Crippen LogP contribution in [0, 0.1) is 18.3 Å². The summed E-state index contributed by atoms with van der Waals surface area (Å²) < 4.78 is 0. The first kappa shape index (κ1) is 17.0. The van der Waals surface area contributed by atoms with E-state index in [1.54, 1.807) is 18.1 Å². The third-order valence-electron chi connectivity index (χ3n) is 5.14. The number of carbonyl (C=O) groups is 1. The predicted octanol–water partition coefficient (Wildman–Crippen LogP) is 3.49. The fourth-order valence-corrected chi connectivity index (χ4v) is 3.73. The number of aromatic hydroxyl groups is 1. The average Bonchev–Trinajstić information content (AvgIpc) is 2.95. The van der Waals surface area contributed by atoms with Gasteiger partial charge in [-0.05, 0) is 41.7 Å². The van der Waals surface area contributed by atoms with Crippen LogP contribution in [0.4, 0.5) is 0 Å². The van der Waals surface area contributed by atoms with Gasteiger partial charge in [-0.3, -0.25) is 9.78 Å². The van der Waals surface area contributed by atoms with Crippen molar-refractivity contribution >= 4 is 16.8 Å². The lowest BCUT2D eigenvalue weighted by molar-refractivity contribution is 0.0814. The molecule has 0 fully saturated rings. The summed E-state index contributed by atoms with van der Waals surface area (Å²) in [4.78, 5) is 18.4. The van der Waals surface area contributed by atoms with Gasteiger partial charge in [-0.1, -0.05) is 29.8 Å². The number of carbonyl (C=O) groups excluding carboxylic acids is 1. The Kier molecular flexibility index (Phi) is 4.04. The van der Waals surface area contributed by atoms with Gasteiger partial charge in [-0.25, -0.2) is 0 Å². The highest BCUT2D eigenvalue weighted by Crippen LogP contribution is 2.39. The van der Waals surface area contributed by atoms with Gasteiger partial charge >= 0.3 is 0 Å². The number of hydrogen-bond donors (Lipinski definition) is 1. The van der Waals surface area contributed by atoms with E-state index in [2.05, 4.69) is 42.2 Å². The zero-order valence-electron chi connectivity index (χ0n) is 15.3. The summed E-state index contributed by atoms with van der Waals surface area (Å²) in [6, 6.07) is 12.5. The number of rotatable bonds is 3. The maximum absolute atomic E-state index is 12.4. The van der Waals surface area contributed by atoms with E-state index in [0.29, 0.717) is 18.5 Å². The minimum Gasteiger partial charge on any atom is -0.505 e. The number of nitrogens with zero attached hydrogens (tertiary/aromatic N) is 3. The van der Waals surface area contributed by atoms with Gasteiger partial charge in [0, 0.05) is 25.2 Å². The van der Waals surface area contributed by atoms with Crippen LogP contribution in [0.3, 0.4) is 0 Å². The van der Waals surface area contributed by atoms with Gasteiger partial charge in [0.15, 0.2) is 5.75 Å². The third-order valence-corrected chi connectivity index (χ3v) is 5.14. The summed E-state index contributed by atoms with van der Waals surface area (Å²) in [6.45, 7) is 2.45. The first-order chi connectivity index (χ1) is 13.0. The smallest absolute Gasteiger partial charge is 0.258 e. The van der Waals surface area contributed by atoms with Gasteiger partial charge in [0.2, 0.25) is 0 Å². The Hall–Kier alpha value is -3.39. The lowest BCUT2D eigenvalue weighted by Crippen LogP contribution is -2.17. The molecule has 0 aliphatic carbocycles. The molecular formula is C22H19N3O2. The molecule has 0 radical (unpaired) electrons. The number of phenolic OH excluding ortho intramolecular Hbond substituents is 1. The summed E-state index contributed by atoms with van der Waals surface area (Å²) in [5, 5.41) is 20.7. The molecule has 1 aromatic heterocycles. The molecule has 1 aliphatic heterocycles. The van der Waals surface area contributed by atoms with E-state index >= 15 is 0 Å². The highest BCUT2D eigenvalue weighted by atomic mass is 16.3. The predicted molar refractivity (Wildman–Crippen MR) is 103 cm³/mol. The molecule has 2 heterocycles.